The van der Waals surface area contributed by atoms with Gasteiger partial charge in [0.05, 0.1) is 5.69 Å². The van der Waals surface area contributed by atoms with Crippen LogP contribution < -0.4 is 15.1 Å². The van der Waals surface area contributed by atoms with Gasteiger partial charge in [0, 0.05) is 42.3 Å². The number of anilines is 3. The van der Waals surface area contributed by atoms with Crippen molar-refractivity contribution in [2.45, 2.75) is 39.7 Å². The molecular formula is C32H34N4O5S. The third-order valence-corrected chi connectivity index (χ3v) is 7.25. The first-order valence-corrected chi connectivity index (χ1v) is 14.3. The van der Waals surface area contributed by atoms with E-state index in [0.29, 0.717) is 34.2 Å². The number of benzene rings is 3. The van der Waals surface area contributed by atoms with E-state index in [9.17, 15) is 19.5 Å². The number of rotatable bonds is 8. The molecule has 0 atom stereocenters. The molecule has 10 heteroatoms. The van der Waals surface area contributed by atoms with Crippen LogP contribution in [0, 0.1) is 6.92 Å². The molecule has 0 aliphatic carbocycles. The summed E-state index contributed by atoms with van der Waals surface area (Å²) in [6.45, 7) is 7.54. The lowest BCUT2D eigenvalue weighted by Gasteiger charge is -2.23. The fourth-order valence-corrected chi connectivity index (χ4v) is 4.94. The molecule has 0 aliphatic rings. The van der Waals surface area contributed by atoms with Gasteiger partial charge in [-0.3, -0.25) is 14.6 Å². The lowest BCUT2D eigenvalue weighted by molar-refractivity contribution is 0.0589. The van der Waals surface area contributed by atoms with E-state index in [1.807, 2.05) is 49.4 Å². The van der Waals surface area contributed by atoms with Crippen LogP contribution in [-0.4, -0.2) is 47.4 Å². The van der Waals surface area contributed by atoms with Crippen LogP contribution in [0.2, 0.25) is 0 Å². The van der Waals surface area contributed by atoms with E-state index >= 15 is 0 Å². The minimum Gasteiger partial charge on any atom is -0.465 e. The van der Waals surface area contributed by atoms with Gasteiger partial charge in [-0.05, 0) is 69.2 Å². The van der Waals surface area contributed by atoms with E-state index in [1.54, 1.807) is 63.5 Å². The number of carbonyl (C=O) groups is 3. The van der Waals surface area contributed by atoms with E-state index < -0.39 is 17.8 Å². The first-order valence-electron chi connectivity index (χ1n) is 13.4. The zero-order valence-corrected chi connectivity index (χ0v) is 25.1. The highest BCUT2D eigenvalue weighted by atomic mass is 32.1. The normalized spacial score (nSPS) is 11.1. The number of nitrogens with zero attached hydrogens (tertiary/aromatic N) is 3. The molecular weight excluding hydrogens is 552 g/mol. The van der Waals surface area contributed by atoms with Gasteiger partial charge in [-0.2, -0.15) is 0 Å². The molecule has 0 radical (unpaired) electrons. The van der Waals surface area contributed by atoms with Gasteiger partial charge in [0.15, 0.2) is 5.13 Å². The van der Waals surface area contributed by atoms with Crippen LogP contribution in [-0.2, 0) is 11.2 Å². The maximum absolute atomic E-state index is 13.2. The lowest BCUT2D eigenvalue weighted by atomic mass is 9.98. The van der Waals surface area contributed by atoms with Crippen molar-refractivity contribution in [3.63, 3.8) is 0 Å². The monoisotopic (exact) mass is 586 g/mol. The molecule has 0 saturated heterocycles. The number of hydrogen-bond acceptors (Lipinski definition) is 6. The number of aromatic nitrogens is 1. The predicted octanol–water partition coefficient (Wildman–Crippen LogP) is 7.47. The average molecular weight is 587 g/mol. The van der Waals surface area contributed by atoms with Crippen molar-refractivity contribution in [2.24, 2.45) is 0 Å². The number of carboxylic acid groups (broad SMARTS) is 1. The molecule has 3 amide bonds. The van der Waals surface area contributed by atoms with E-state index in [1.165, 1.54) is 21.1 Å². The van der Waals surface area contributed by atoms with Gasteiger partial charge >= 0.3 is 12.2 Å². The van der Waals surface area contributed by atoms with Gasteiger partial charge in [-0.15, -0.1) is 11.3 Å². The summed E-state index contributed by atoms with van der Waals surface area (Å²) in [6, 6.07) is 22.0. The Morgan fingerprint density at radius 1 is 0.976 bits per heavy atom. The lowest BCUT2D eigenvalue weighted by Crippen LogP contribution is -2.34. The molecule has 1 heterocycles. The Hall–Kier alpha value is -4.70. The number of aryl methyl sites for hydroxylation is 1. The van der Waals surface area contributed by atoms with E-state index in [-0.39, 0.29) is 12.5 Å². The van der Waals surface area contributed by atoms with Crippen LogP contribution in [0.5, 0.6) is 0 Å². The molecule has 4 rings (SSSR count). The minimum atomic E-state index is -1.11. The van der Waals surface area contributed by atoms with Crippen LogP contribution in [0.1, 0.15) is 42.4 Å². The van der Waals surface area contributed by atoms with Crippen LogP contribution in [0.25, 0.3) is 11.1 Å². The first kappa shape index (κ1) is 30.3. The first-order chi connectivity index (χ1) is 19.9. The number of thiazole rings is 1. The molecule has 42 heavy (non-hydrogen) atoms. The van der Waals surface area contributed by atoms with E-state index in [2.05, 4.69) is 10.3 Å². The van der Waals surface area contributed by atoms with Crippen LogP contribution in [0.4, 0.5) is 26.1 Å². The zero-order valence-electron chi connectivity index (χ0n) is 24.2. The predicted molar refractivity (Wildman–Crippen MR) is 167 cm³/mol. The van der Waals surface area contributed by atoms with Crippen LogP contribution in [0.15, 0.2) is 78.2 Å². The van der Waals surface area contributed by atoms with Crippen molar-refractivity contribution in [2.75, 3.05) is 28.7 Å². The smallest absolute Gasteiger partial charge is 0.416 e. The summed E-state index contributed by atoms with van der Waals surface area (Å²) in [5, 5.41) is 15.0. The molecule has 2 N–H and O–H groups in total. The Kier molecular flexibility index (Phi) is 9.27. The maximum atomic E-state index is 13.2. The summed E-state index contributed by atoms with van der Waals surface area (Å²) < 4.78 is 5.38. The van der Waals surface area contributed by atoms with Crippen molar-refractivity contribution in [1.29, 1.82) is 0 Å². The molecule has 4 aromatic rings. The summed E-state index contributed by atoms with van der Waals surface area (Å²) in [5.74, 6) is -0.260. The SMILES string of the molecule is Cc1ccc(-c2ccccc2C(=O)Nc2ccc(N(CCc3csc(N(C)C(=O)OC(C)(C)C)n3)C(=O)O)cc2)cc1. The van der Waals surface area contributed by atoms with Gasteiger partial charge in [-0.25, -0.2) is 14.6 Å². The van der Waals surface area contributed by atoms with Crippen LogP contribution >= 0.6 is 11.3 Å². The molecule has 0 spiro atoms. The van der Waals surface area contributed by atoms with E-state index in [4.69, 9.17) is 4.74 Å². The van der Waals surface area contributed by atoms with Gasteiger partial charge in [0.2, 0.25) is 0 Å². The van der Waals surface area contributed by atoms with Gasteiger partial charge in [0.1, 0.15) is 5.60 Å². The number of nitrogens with one attached hydrogen (secondary N) is 1. The minimum absolute atomic E-state index is 0.157. The number of ether oxygens (including phenoxy) is 1. The fourth-order valence-electron chi connectivity index (χ4n) is 4.12. The molecule has 0 saturated carbocycles. The quantitative estimate of drug-likeness (QED) is 0.222. The fraction of sp³-hybridized carbons (Fsp3) is 0.250. The topological polar surface area (TPSA) is 112 Å². The Morgan fingerprint density at radius 3 is 2.29 bits per heavy atom. The highest BCUT2D eigenvalue weighted by Gasteiger charge is 2.23. The Morgan fingerprint density at radius 2 is 1.64 bits per heavy atom. The van der Waals surface area contributed by atoms with Crippen molar-refractivity contribution in [1.82, 2.24) is 4.98 Å². The maximum Gasteiger partial charge on any atom is 0.416 e. The Balaban J connectivity index is 1.41. The molecule has 0 fully saturated rings. The molecule has 0 unspecified atom stereocenters. The van der Waals surface area contributed by atoms with Crippen LogP contribution in [0.3, 0.4) is 0 Å². The largest absolute Gasteiger partial charge is 0.465 e. The van der Waals surface area contributed by atoms with Crippen molar-refractivity contribution >= 4 is 45.9 Å². The summed E-state index contributed by atoms with van der Waals surface area (Å²) in [4.78, 5) is 44.6. The van der Waals surface area contributed by atoms with Crippen molar-refractivity contribution < 1.29 is 24.2 Å². The van der Waals surface area contributed by atoms with Gasteiger partial charge in [-0.1, -0.05) is 48.0 Å². The van der Waals surface area contributed by atoms with Crippen molar-refractivity contribution in [3.05, 3.63) is 95.0 Å². The van der Waals surface area contributed by atoms with E-state index in [0.717, 1.165) is 16.7 Å². The third kappa shape index (κ3) is 7.73. The van der Waals surface area contributed by atoms with Crippen molar-refractivity contribution in [3.8, 4) is 11.1 Å². The second-order valence-corrected chi connectivity index (χ2v) is 11.6. The molecule has 218 valence electrons. The number of amides is 3. The summed E-state index contributed by atoms with van der Waals surface area (Å²) in [7, 11) is 1.59. The summed E-state index contributed by atoms with van der Waals surface area (Å²) >= 11 is 1.28. The van der Waals surface area contributed by atoms with Gasteiger partial charge < -0.3 is 15.2 Å². The second-order valence-electron chi connectivity index (χ2n) is 10.8. The highest BCUT2D eigenvalue weighted by Crippen LogP contribution is 2.26. The molecule has 9 nitrogen and oxygen atoms in total. The molecule has 3 aromatic carbocycles. The zero-order chi connectivity index (χ0) is 30.4. The summed E-state index contributed by atoms with van der Waals surface area (Å²) in [6.07, 6.45) is -1.28. The Bertz CT molecular complexity index is 1560. The standard InChI is InChI=1S/C32H34N4O5S/c1-21-10-12-22(13-11-21)26-8-6-7-9-27(26)28(37)33-23-14-16-25(17-15-23)36(30(38)39)19-18-24-20-42-29(34-24)35(5)31(40)41-32(2,3)4/h6-17,20H,18-19H2,1-5H3,(H,33,37)(H,38,39). The third-order valence-electron chi connectivity index (χ3n) is 6.29. The Labute approximate surface area is 249 Å². The second kappa shape index (κ2) is 12.9. The number of carbonyl (C=O) groups excluding carboxylic acids is 2. The molecule has 1 aromatic heterocycles. The molecule has 0 bridgehead atoms. The average Bonchev–Trinajstić information content (AvgIpc) is 3.42. The highest BCUT2D eigenvalue weighted by molar-refractivity contribution is 7.14. The van der Waals surface area contributed by atoms with Gasteiger partial charge in [0.25, 0.3) is 5.91 Å². The summed E-state index contributed by atoms with van der Waals surface area (Å²) in [5.41, 5.74) is 4.49. The molecule has 0 aliphatic heterocycles. The number of hydrogen-bond donors (Lipinski definition) is 2.